The zero-order valence-corrected chi connectivity index (χ0v) is 24.3. The van der Waals surface area contributed by atoms with E-state index in [4.69, 9.17) is 8.37 Å². The number of rotatable bonds is 7. The third kappa shape index (κ3) is 5.23. The van der Waals surface area contributed by atoms with Crippen LogP contribution in [0.4, 0.5) is 0 Å². The van der Waals surface area contributed by atoms with Crippen LogP contribution in [0.15, 0.2) is 114 Å². The molecule has 0 amide bonds. The van der Waals surface area contributed by atoms with Crippen LogP contribution in [0, 0.1) is 13.8 Å². The molecule has 196 valence electrons. The second-order valence-electron chi connectivity index (χ2n) is 8.47. The number of hydrogen-bond donors (Lipinski definition) is 0. The molecule has 0 saturated heterocycles. The summed E-state index contributed by atoms with van der Waals surface area (Å²) in [6.07, 6.45) is 0. The molecule has 4 aromatic carbocycles. The predicted octanol–water partition coefficient (Wildman–Crippen LogP) is 3.98. The maximum atomic E-state index is 13.8. The van der Waals surface area contributed by atoms with Crippen molar-refractivity contribution in [3.05, 3.63) is 102 Å². The fourth-order valence-corrected chi connectivity index (χ4v) is 10.9. The number of nitrogens with zero attached hydrogens (tertiary/aromatic N) is 1. The van der Waals surface area contributed by atoms with Crippen molar-refractivity contribution in [1.82, 2.24) is 0 Å². The SMILES string of the molecule is Cc1ccc(S(=O)(=O)Oc2ccc(S3(=O)=N[Se]c4cc(OS(=O)(=O)c5ccc(C)cc5)ccc43)cc2)cc1. The van der Waals surface area contributed by atoms with Gasteiger partial charge in [0.2, 0.25) is 0 Å². The fourth-order valence-electron chi connectivity index (χ4n) is 3.58. The topological polar surface area (TPSA) is 116 Å². The molecule has 4 aromatic rings. The monoisotopic (exact) mass is 635 g/mol. The van der Waals surface area contributed by atoms with Gasteiger partial charge in [-0.3, -0.25) is 0 Å². The van der Waals surface area contributed by atoms with Gasteiger partial charge < -0.3 is 0 Å². The summed E-state index contributed by atoms with van der Waals surface area (Å²) < 4.78 is 79.8. The zero-order chi connectivity index (χ0) is 27.1. The van der Waals surface area contributed by atoms with Crippen molar-refractivity contribution in [3.63, 3.8) is 0 Å². The Morgan fingerprint density at radius 1 is 0.658 bits per heavy atom. The summed E-state index contributed by atoms with van der Waals surface area (Å²) in [6.45, 7) is 3.71. The third-order valence-electron chi connectivity index (χ3n) is 5.63. The average Bonchev–Trinajstić information content (AvgIpc) is 3.21. The average molecular weight is 635 g/mol. The van der Waals surface area contributed by atoms with Crippen molar-refractivity contribution in [2.75, 3.05) is 0 Å². The van der Waals surface area contributed by atoms with Crippen molar-refractivity contribution in [2.45, 2.75) is 33.4 Å². The van der Waals surface area contributed by atoms with E-state index in [1.807, 2.05) is 13.8 Å². The van der Waals surface area contributed by atoms with Crippen molar-refractivity contribution >= 4 is 49.6 Å². The summed E-state index contributed by atoms with van der Waals surface area (Å²) in [6, 6.07) is 23.1. The van der Waals surface area contributed by atoms with Gasteiger partial charge in [-0.15, -0.1) is 0 Å². The van der Waals surface area contributed by atoms with E-state index in [0.29, 0.717) is 14.3 Å². The first-order valence-electron chi connectivity index (χ1n) is 11.2. The van der Waals surface area contributed by atoms with E-state index in [1.165, 1.54) is 54.6 Å². The number of fused-ring (bicyclic) bond motifs is 1. The van der Waals surface area contributed by atoms with Gasteiger partial charge in [0.1, 0.15) is 0 Å². The van der Waals surface area contributed by atoms with E-state index < -0.39 is 45.1 Å². The first kappa shape index (κ1) is 26.5. The molecular weight excluding hydrogens is 613 g/mol. The van der Waals surface area contributed by atoms with Crippen molar-refractivity contribution in [1.29, 1.82) is 0 Å². The molecule has 12 heteroatoms. The Kier molecular flexibility index (Phi) is 6.87. The van der Waals surface area contributed by atoms with Crippen LogP contribution in [0.25, 0.3) is 0 Å². The molecule has 0 radical (unpaired) electrons. The summed E-state index contributed by atoms with van der Waals surface area (Å²) in [5.41, 5.74) is 1.85. The second-order valence-corrected chi connectivity index (χ2v) is 15.9. The third-order valence-corrected chi connectivity index (χ3v) is 13.5. The normalized spacial score (nSPS) is 16.9. The van der Waals surface area contributed by atoms with Crippen LogP contribution in [-0.4, -0.2) is 36.2 Å². The Morgan fingerprint density at radius 3 is 1.66 bits per heavy atom. The molecule has 0 aliphatic carbocycles. The molecule has 38 heavy (non-hydrogen) atoms. The summed E-state index contributed by atoms with van der Waals surface area (Å²) in [5, 5.41) is 0. The van der Waals surface area contributed by atoms with Gasteiger partial charge in [-0.1, -0.05) is 0 Å². The molecule has 1 unspecified atom stereocenters. The molecule has 0 aromatic heterocycles. The summed E-state index contributed by atoms with van der Waals surface area (Å²) in [4.78, 5) is 0.926. The van der Waals surface area contributed by atoms with Gasteiger partial charge in [0.05, 0.1) is 0 Å². The Bertz CT molecular complexity index is 1860. The van der Waals surface area contributed by atoms with Gasteiger partial charge in [0, 0.05) is 0 Å². The first-order valence-corrected chi connectivity index (χ1v) is 17.1. The molecule has 1 heterocycles. The minimum atomic E-state index is -4.03. The van der Waals surface area contributed by atoms with Gasteiger partial charge in [-0.2, -0.15) is 0 Å². The minimum absolute atomic E-state index is 0.0305. The molecule has 0 saturated carbocycles. The van der Waals surface area contributed by atoms with E-state index in [1.54, 1.807) is 36.4 Å². The van der Waals surface area contributed by atoms with Crippen LogP contribution < -0.4 is 12.8 Å². The van der Waals surface area contributed by atoms with Crippen LogP contribution in [0.5, 0.6) is 11.5 Å². The van der Waals surface area contributed by atoms with Gasteiger partial charge in [0.15, 0.2) is 0 Å². The quantitative estimate of drug-likeness (QED) is 0.223. The van der Waals surface area contributed by atoms with E-state index in [-0.39, 0.29) is 21.3 Å². The van der Waals surface area contributed by atoms with Crippen molar-refractivity contribution in [3.8, 4) is 11.5 Å². The molecule has 1 aliphatic heterocycles. The summed E-state index contributed by atoms with van der Waals surface area (Å²) in [7, 11) is -11.0. The number of benzene rings is 4. The second kappa shape index (κ2) is 9.86. The zero-order valence-electron chi connectivity index (χ0n) is 20.1. The van der Waals surface area contributed by atoms with Gasteiger partial charge in [-0.25, -0.2) is 0 Å². The van der Waals surface area contributed by atoms with E-state index in [9.17, 15) is 21.0 Å². The molecule has 8 nitrogen and oxygen atoms in total. The molecule has 0 bridgehead atoms. The molecule has 0 spiro atoms. The van der Waals surface area contributed by atoms with Crippen molar-refractivity contribution < 1.29 is 29.4 Å². The molecular formula is C26H21NO7S3Se. The van der Waals surface area contributed by atoms with Gasteiger partial charge in [-0.05, 0) is 6.92 Å². The summed E-state index contributed by atoms with van der Waals surface area (Å²) in [5.74, 6) is 0.182. The summed E-state index contributed by atoms with van der Waals surface area (Å²) >= 11 is -0.538. The van der Waals surface area contributed by atoms with E-state index in [0.717, 1.165) is 11.1 Å². The molecule has 1 aliphatic rings. The Balaban J connectivity index is 1.36. The number of aryl methyl sites for hydroxylation is 2. The van der Waals surface area contributed by atoms with Crippen LogP contribution in [0.3, 0.4) is 0 Å². The first-order chi connectivity index (χ1) is 18.0. The fraction of sp³-hybridized carbons (Fsp3) is 0.0769. The van der Waals surface area contributed by atoms with Crippen LogP contribution >= 0.6 is 0 Å². The Morgan fingerprint density at radius 2 is 1.13 bits per heavy atom. The van der Waals surface area contributed by atoms with Crippen molar-refractivity contribution in [2.24, 2.45) is 3.38 Å². The van der Waals surface area contributed by atoms with E-state index >= 15 is 0 Å². The standard InChI is InChI=1S/C26H21NO7S3Se/c1-18-3-10-23(11-4-18)36(29,30)33-20-7-14-22(15-8-20)35(28)25-16-9-21(17-26(25)38-27-35)34-37(31,32)24-12-5-19(2)6-13-24/h3-17H,1-2H3. The molecule has 5 rings (SSSR count). The Hall–Kier alpha value is -3.15. The van der Waals surface area contributed by atoms with Crippen LogP contribution in [0.2, 0.25) is 0 Å². The molecule has 0 N–H and O–H groups in total. The van der Waals surface area contributed by atoms with E-state index in [2.05, 4.69) is 3.38 Å². The maximum absolute atomic E-state index is 13.8. The molecule has 1 atom stereocenters. The van der Waals surface area contributed by atoms with Gasteiger partial charge >= 0.3 is 223 Å². The van der Waals surface area contributed by atoms with Crippen LogP contribution in [-0.2, 0) is 30.0 Å². The van der Waals surface area contributed by atoms with Gasteiger partial charge in [0.25, 0.3) is 0 Å². The number of hydrogen-bond acceptors (Lipinski definition) is 8. The Labute approximate surface area is 228 Å². The van der Waals surface area contributed by atoms with Crippen LogP contribution in [0.1, 0.15) is 11.1 Å². The predicted molar refractivity (Wildman–Crippen MR) is 143 cm³/mol. The molecule has 0 fully saturated rings.